The Kier molecular flexibility index (Phi) is 4.86. The van der Waals surface area contributed by atoms with Crippen LogP contribution < -0.4 is 21.3 Å². The Balaban J connectivity index is 1.68. The number of rotatable bonds is 6. The third kappa shape index (κ3) is 4.90. The average molecular weight is 358 g/mol. The number of carbonyl (C=O) groups is 2. The van der Waals surface area contributed by atoms with Gasteiger partial charge in [-0.3, -0.25) is 0 Å². The SMILES string of the molecule is CC(C)(NC(=O)NC1CC1)c1cccc(C(C)(C)NC(=O)NC2CC2)c1. The molecular weight excluding hydrogens is 328 g/mol. The number of hydrogen-bond acceptors (Lipinski definition) is 2. The maximum atomic E-state index is 12.1. The van der Waals surface area contributed by atoms with Crippen molar-refractivity contribution in [3.8, 4) is 0 Å². The quantitative estimate of drug-likeness (QED) is 0.630. The predicted molar refractivity (Wildman–Crippen MR) is 102 cm³/mol. The highest BCUT2D eigenvalue weighted by atomic mass is 16.2. The molecule has 4 N–H and O–H groups in total. The number of nitrogens with one attached hydrogen (secondary N) is 4. The van der Waals surface area contributed by atoms with E-state index in [-0.39, 0.29) is 12.1 Å². The van der Waals surface area contributed by atoms with E-state index in [2.05, 4.69) is 27.3 Å². The van der Waals surface area contributed by atoms with Gasteiger partial charge in [-0.2, -0.15) is 0 Å². The van der Waals surface area contributed by atoms with Gasteiger partial charge in [0.05, 0.1) is 11.1 Å². The minimum atomic E-state index is -0.513. The molecule has 0 aliphatic heterocycles. The van der Waals surface area contributed by atoms with Crippen molar-refractivity contribution in [3.05, 3.63) is 35.4 Å². The molecular formula is C20H30N4O2. The molecule has 0 bridgehead atoms. The Morgan fingerprint density at radius 3 is 1.54 bits per heavy atom. The van der Waals surface area contributed by atoms with Gasteiger partial charge in [0.25, 0.3) is 0 Å². The number of amides is 4. The highest BCUT2D eigenvalue weighted by Gasteiger charge is 2.30. The second kappa shape index (κ2) is 6.82. The summed E-state index contributed by atoms with van der Waals surface area (Å²) in [6, 6.07) is 8.40. The second-order valence-electron chi connectivity index (χ2n) is 8.58. The van der Waals surface area contributed by atoms with E-state index in [4.69, 9.17) is 0 Å². The Labute approximate surface area is 155 Å². The van der Waals surface area contributed by atoms with Crippen molar-refractivity contribution in [1.82, 2.24) is 21.3 Å². The van der Waals surface area contributed by atoms with Gasteiger partial charge in [-0.05, 0) is 64.5 Å². The zero-order valence-electron chi connectivity index (χ0n) is 16.1. The molecule has 1 aromatic carbocycles. The number of carbonyl (C=O) groups excluding carboxylic acids is 2. The van der Waals surface area contributed by atoms with Crippen LogP contribution in [-0.2, 0) is 11.1 Å². The molecule has 1 aromatic rings. The molecule has 0 heterocycles. The molecule has 0 saturated heterocycles. The van der Waals surface area contributed by atoms with Crippen molar-refractivity contribution in [2.24, 2.45) is 0 Å². The highest BCUT2D eigenvalue weighted by Crippen LogP contribution is 2.27. The van der Waals surface area contributed by atoms with E-state index < -0.39 is 11.1 Å². The van der Waals surface area contributed by atoms with Gasteiger partial charge in [0.2, 0.25) is 0 Å². The van der Waals surface area contributed by atoms with E-state index >= 15 is 0 Å². The Hall–Kier alpha value is -2.24. The van der Waals surface area contributed by atoms with Crippen LogP contribution in [0.2, 0.25) is 0 Å². The molecule has 6 nitrogen and oxygen atoms in total. The van der Waals surface area contributed by atoms with E-state index in [1.165, 1.54) is 0 Å². The fourth-order valence-electron chi connectivity index (χ4n) is 2.91. The van der Waals surface area contributed by atoms with Crippen LogP contribution in [-0.4, -0.2) is 24.1 Å². The van der Waals surface area contributed by atoms with Crippen LogP contribution in [0.1, 0.15) is 64.5 Å². The number of benzene rings is 1. The summed E-state index contributed by atoms with van der Waals surface area (Å²) in [6.45, 7) is 7.94. The van der Waals surface area contributed by atoms with Crippen molar-refractivity contribution in [3.63, 3.8) is 0 Å². The van der Waals surface area contributed by atoms with Crippen molar-refractivity contribution < 1.29 is 9.59 Å². The maximum absolute atomic E-state index is 12.1. The van der Waals surface area contributed by atoms with Crippen LogP contribution in [0.4, 0.5) is 9.59 Å². The molecule has 0 radical (unpaired) electrons. The van der Waals surface area contributed by atoms with Crippen molar-refractivity contribution in [1.29, 1.82) is 0 Å². The third-order valence-electron chi connectivity index (χ3n) is 4.98. The molecule has 26 heavy (non-hydrogen) atoms. The summed E-state index contributed by atoms with van der Waals surface area (Å²) in [7, 11) is 0. The predicted octanol–water partition coefficient (Wildman–Crippen LogP) is 3.08. The van der Waals surface area contributed by atoms with E-state index in [0.29, 0.717) is 12.1 Å². The summed E-state index contributed by atoms with van der Waals surface area (Å²) in [5.74, 6) is 0. The van der Waals surface area contributed by atoms with Crippen molar-refractivity contribution in [2.45, 2.75) is 76.5 Å². The molecule has 0 unspecified atom stereocenters. The zero-order chi connectivity index (χ0) is 18.9. The molecule has 2 aliphatic carbocycles. The third-order valence-corrected chi connectivity index (χ3v) is 4.98. The van der Waals surface area contributed by atoms with Crippen LogP contribution in [0.15, 0.2) is 24.3 Å². The molecule has 2 aliphatic rings. The normalized spacial score (nSPS) is 17.4. The summed E-state index contributed by atoms with van der Waals surface area (Å²) < 4.78 is 0. The first-order valence-electron chi connectivity index (χ1n) is 9.44. The summed E-state index contributed by atoms with van der Waals surface area (Å²) >= 11 is 0. The molecule has 6 heteroatoms. The molecule has 0 atom stereocenters. The molecule has 2 fully saturated rings. The van der Waals surface area contributed by atoms with Crippen molar-refractivity contribution >= 4 is 12.1 Å². The monoisotopic (exact) mass is 358 g/mol. The topological polar surface area (TPSA) is 82.3 Å². The zero-order valence-corrected chi connectivity index (χ0v) is 16.1. The lowest BCUT2D eigenvalue weighted by atomic mass is 9.87. The van der Waals surface area contributed by atoms with Gasteiger partial charge in [-0.25, -0.2) is 9.59 Å². The first-order chi connectivity index (χ1) is 12.2. The van der Waals surface area contributed by atoms with Gasteiger partial charge in [-0.15, -0.1) is 0 Å². The van der Waals surface area contributed by atoms with Gasteiger partial charge in [0.1, 0.15) is 0 Å². The second-order valence-corrected chi connectivity index (χ2v) is 8.58. The minimum absolute atomic E-state index is 0.135. The maximum Gasteiger partial charge on any atom is 0.315 e. The number of hydrogen-bond donors (Lipinski definition) is 4. The Bertz CT molecular complexity index is 636. The lowest BCUT2D eigenvalue weighted by molar-refractivity contribution is 0.229. The van der Waals surface area contributed by atoms with Gasteiger partial charge >= 0.3 is 12.1 Å². The highest BCUT2D eigenvalue weighted by molar-refractivity contribution is 5.76. The van der Waals surface area contributed by atoms with Crippen LogP contribution >= 0.6 is 0 Å². The largest absolute Gasteiger partial charge is 0.335 e. The summed E-state index contributed by atoms with van der Waals surface area (Å²) in [5, 5.41) is 12.0. The smallest absolute Gasteiger partial charge is 0.315 e. The lowest BCUT2D eigenvalue weighted by Gasteiger charge is -2.31. The molecule has 0 aromatic heterocycles. The standard InChI is InChI=1S/C20H30N4O2/c1-19(2,23-17(25)21-15-8-9-15)13-6-5-7-14(12-13)20(3,4)24-18(26)22-16-10-11-16/h5-7,12,15-16H,8-11H2,1-4H3,(H2,21,23,25)(H2,22,24,26). The summed E-state index contributed by atoms with van der Waals surface area (Å²) in [5.41, 5.74) is 0.972. The summed E-state index contributed by atoms with van der Waals surface area (Å²) in [4.78, 5) is 24.3. The Morgan fingerprint density at radius 2 is 1.19 bits per heavy atom. The van der Waals surface area contributed by atoms with E-state index in [0.717, 1.165) is 36.8 Å². The first kappa shape index (κ1) is 18.5. The number of urea groups is 2. The van der Waals surface area contributed by atoms with Gasteiger partial charge in [-0.1, -0.05) is 24.3 Å². The van der Waals surface area contributed by atoms with Crippen LogP contribution in [0.25, 0.3) is 0 Å². The van der Waals surface area contributed by atoms with E-state index in [9.17, 15) is 9.59 Å². The van der Waals surface area contributed by atoms with Crippen LogP contribution in [0, 0.1) is 0 Å². The van der Waals surface area contributed by atoms with E-state index in [1.54, 1.807) is 0 Å². The molecule has 3 rings (SSSR count). The molecule has 142 valence electrons. The van der Waals surface area contributed by atoms with Gasteiger partial charge in [0.15, 0.2) is 0 Å². The van der Waals surface area contributed by atoms with E-state index in [1.807, 2.05) is 45.9 Å². The fourth-order valence-corrected chi connectivity index (χ4v) is 2.91. The minimum Gasteiger partial charge on any atom is -0.335 e. The fraction of sp³-hybridized carbons (Fsp3) is 0.600. The van der Waals surface area contributed by atoms with Crippen LogP contribution in [0.3, 0.4) is 0 Å². The van der Waals surface area contributed by atoms with Gasteiger partial charge < -0.3 is 21.3 Å². The molecule has 4 amide bonds. The summed E-state index contributed by atoms with van der Waals surface area (Å²) in [6.07, 6.45) is 4.25. The first-order valence-corrected chi connectivity index (χ1v) is 9.44. The van der Waals surface area contributed by atoms with Gasteiger partial charge in [0, 0.05) is 12.1 Å². The Morgan fingerprint density at radius 1 is 0.808 bits per heavy atom. The molecule has 0 spiro atoms. The van der Waals surface area contributed by atoms with Crippen LogP contribution in [0.5, 0.6) is 0 Å². The molecule has 2 saturated carbocycles. The van der Waals surface area contributed by atoms with Crippen molar-refractivity contribution in [2.75, 3.05) is 0 Å². The average Bonchev–Trinajstić information content (AvgIpc) is 3.43. The lowest BCUT2D eigenvalue weighted by Crippen LogP contribution is -2.48.